The normalized spacial score (nSPS) is 16.4. The Kier molecular flexibility index (Phi) is 8.98. The van der Waals surface area contributed by atoms with Gasteiger partial charge in [0.15, 0.2) is 0 Å². The number of aliphatic hydroxyl groups excluding tert-OH is 1. The van der Waals surface area contributed by atoms with E-state index in [0.29, 0.717) is 6.42 Å². The maximum atomic E-state index is 11.9. The zero-order valence-electron chi connectivity index (χ0n) is 12.1. The van der Waals surface area contributed by atoms with Crippen LogP contribution in [-0.2, 0) is 14.4 Å². The number of nitrogens with two attached hydrogens (primary N) is 1. The van der Waals surface area contributed by atoms with Crippen molar-refractivity contribution >= 4 is 30.4 Å². The number of hydrogen-bond acceptors (Lipinski definition) is 6. The van der Waals surface area contributed by atoms with Crippen molar-refractivity contribution in [3.63, 3.8) is 0 Å². The van der Waals surface area contributed by atoms with Crippen LogP contribution in [-0.4, -0.2) is 58.5 Å². The van der Waals surface area contributed by atoms with E-state index in [9.17, 15) is 14.4 Å². The molecular weight excluding hydrogens is 298 g/mol. The number of nitrogens with one attached hydrogen (secondary N) is 2. The molecule has 9 heteroatoms. The number of hydrogen-bond donors (Lipinski definition) is 6. The average molecular weight is 321 g/mol. The Balaban J connectivity index is 4.67. The number of carbonyl (C=O) groups excluding carboxylic acids is 2. The van der Waals surface area contributed by atoms with Crippen molar-refractivity contribution in [2.45, 2.75) is 38.4 Å². The van der Waals surface area contributed by atoms with Gasteiger partial charge in [0.25, 0.3) is 0 Å². The zero-order chi connectivity index (χ0) is 16.6. The summed E-state index contributed by atoms with van der Waals surface area (Å²) in [4.78, 5) is 34.5. The van der Waals surface area contributed by atoms with Gasteiger partial charge in [0.1, 0.15) is 12.1 Å². The maximum Gasteiger partial charge on any atom is 0.328 e. The number of amides is 2. The van der Waals surface area contributed by atoms with E-state index in [0.717, 1.165) is 0 Å². The predicted molar refractivity (Wildman–Crippen MR) is 79.9 cm³/mol. The van der Waals surface area contributed by atoms with Gasteiger partial charge in [-0.05, 0) is 5.92 Å². The van der Waals surface area contributed by atoms with Gasteiger partial charge in [-0.1, -0.05) is 20.3 Å². The molecular formula is C12H23N3O5S. The summed E-state index contributed by atoms with van der Waals surface area (Å²) in [6.07, 6.45) is 0.706. The number of rotatable bonds is 9. The molecule has 6 N–H and O–H groups in total. The summed E-state index contributed by atoms with van der Waals surface area (Å²) in [5.41, 5.74) is 5.75. The molecule has 0 spiro atoms. The van der Waals surface area contributed by atoms with E-state index < -0.39 is 42.5 Å². The van der Waals surface area contributed by atoms with Gasteiger partial charge < -0.3 is 26.6 Å². The molecule has 21 heavy (non-hydrogen) atoms. The lowest BCUT2D eigenvalue weighted by atomic mass is 9.99. The van der Waals surface area contributed by atoms with Crippen LogP contribution in [0.25, 0.3) is 0 Å². The van der Waals surface area contributed by atoms with E-state index in [1.165, 1.54) is 0 Å². The number of aliphatic carboxylic acids is 1. The fourth-order valence-corrected chi connectivity index (χ4v) is 1.69. The van der Waals surface area contributed by atoms with Crippen LogP contribution in [0.15, 0.2) is 0 Å². The molecule has 4 atom stereocenters. The molecule has 0 fully saturated rings. The average Bonchev–Trinajstić information content (AvgIpc) is 2.47. The van der Waals surface area contributed by atoms with Gasteiger partial charge in [0.05, 0.1) is 12.6 Å². The largest absolute Gasteiger partial charge is 0.480 e. The molecule has 0 saturated carbocycles. The minimum atomic E-state index is -1.43. The molecule has 8 nitrogen and oxygen atoms in total. The van der Waals surface area contributed by atoms with Crippen molar-refractivity contribution in [2.75, 3.05) is 12.4 Å². The minimum Gasteiger partial charge on any atom is -0.480 e. The van der Waals surface area contributed by atoms with E-state index in [4.69, 9.17) is 15.9 Å². The standard InChI is InChI=1S/C12H23N3O5S/c1-3-6(2)9(13)11(18)15-8(5-21)10(17)14-7(4-16)12(19)20/h6-9,16,21H,3-5,13H2,1-2H3,(H,14,17)(H,15,18)(H,19,20)/t6-,7-,8-,9-/m0/s1. The fourth-order valence-electron chi connectivity index (χ4n) is 1.43. The first-order valence-electron chi connectivity index (χ1n) is 6.59. The first-order valence-corrected chi connectivity index (χ1v) is 7.22. The van der Waals surface area contributed by atoms with Crippen LogP contribution >= 0.6 is 12.6 Å². The summed E-state index contributed by atoms with van der Waals surface area (Å²) in [7, 11) is 0. The predicted octanol–water partition coefficient (Wildman–Crippen LogP) is -1.66. The molecule has 0 aromatic carbocycles. The summed E-state index contributed by atoms with van der Waals surface area (Å²) >= 11 is 3.95. The number of thiol groups is 1. The summed E-state index contributed by atoms with van der Waals surface area (Å²) in [6.45, 7) is 2.95. The molecule has 0 bridgehead atoms. The van der Waals surface area contributed by atoms with Crippen LogP contribution in [0.4, 0.5) is 0 Å². The lowest BCUT2D eigenvalue weighted by molar-refractivity contribution is -0.143. The number of carboxylic acids is 1. The smallest absolute Gasteiger partial charge is 0.328 e. The van der Waals surface area contributed by atoms with Gasteiger partial charge >= 0.3 is 5.97 Å². The molecule has 0 rings (SSSR count). The topological polar surface area (TPSA) is 142 Å². The summed E-state index contributed by atoms with van der Waals surface area (Å²) in [6, 6.07) is -3.22. The minimum absolute atomic E-state index is 0.0252. The third-order valence-corrected chi connectivity index (χ3v) is 3.54. The number of aliphatic hydroxyl groups is 1. The fraction of sp³-hybridized carbons (Fsp3) is 0.750. The van der Waals surface area contributed by atoms with Crippen molar-refractivity contribution in [3.05, 3.63) is 0 Å². The van der Waals surface area contributed by atoms with Gasteiger partial charge in [-0.25, -0.2) is 4.79 Å². The maximum absolute atomic E-state index is 11.9. The van der Waals surface area contributed by atoms with Crippen molar-refractivity contribution in [3.8, 4) is 0 Å². The SMILES string of the molecule is CC[C@H](C)[C@H](N)C(=O)N[C@@H](CS)C(=O)N[C@@H](CO)C(=O)O. The van der Waals surface area contributed by atoms with Crippen LogP contribution < -0.4 is 16.4 Å². The quantitative estimate of drug-likeness (QED) is 0.281. The summed E-state index contributed by atoms with van der Waals surface area (Å²) in [5, 5.41) is 22.1. The summed E-state index contributed by atoms with van der Waals surface area (Å²) < 4.78 is 0. The third-order valence-electron chi connectivity index (χ3n) is 3.17. The lowest BCUT2D eigenvalue weighted by Crippen LogP contribution is -2.56. The Morgan fingerprint density at radius 3 is 2.10 bits per heavy atom. The van der Waals surface area contributed by atoms with Crippen LogP contribution in [0.3, 0.4) is 0 Å². The van der Waals surface area contributed by atoms with Crippen molar-refractivity contribution in [1.82, 2.24) is 10.6 Å². The second kappa shape index (κ2) is 9.59. The van der Waals surface area contributed by atoms with E-state index in [-0.39, 0.29) is 11.7 Å². The van der Waals surface area contributed by atoms with Crippen molar-refractivity contribution < 1.29 is 24.6 Å². The lowest BCUT2D eigenvalue weighted by Gasteiger charge is -2.23. The first kappa shape index (κ1) is 19.7. The zero-order valence-corrected chi connectivity index (χ0v) is 13.0. The van der Waals surface area contributed by atoms with Gasteiger partial charge in [-0.15, -0.1) is 0 Å². The van der Waals surface area contributed by atoms with Gasteiger partial charge in [-0.3, -0.25) is 9.59 Å². The highest BCUT2D eigenvalue weighted by Gasteiger charge is 2.27. The van der Waals surface area contributed by atoms with Gasteiger partial charge in [0, 0.05) is 5.75 Å². The molecule has 0 aliphatic heterocycles. The van der Waals surface area contributed by atoms with Crippen molar-refractivity contribution in [1.29, 1.82) is 0 Å². The van der Waals surface area contributed by atoms with E-state index in [2.05, 4.69) is 23.3 Å². The molecule has 0 aromatic rings. The van der Waals surface area contributed by atoms with Crippen molar-refractivity contribution in [2.24, 2.45) is 11.7 Å². The van der Waals surface area contributed by atoms with Crippen LogP contribution in [0.1, 0.15) is 20.3 Å². The summed E-state index contributed by atoms with van der Waals surface area (Å²) in [5.74, 6) is -2.70. The Morgan fingerprint density at radius 1 is 1.19 bits per heavy atom. The molecule has 0 saturated heterocycles. The molecule has 0 aromatic heterocycles. The molecule has 0 aliphatic carbocycles. The Hall–Kier alpha value is -1.32. The molecule has 0 heterocycles. The Morgan fingerprint density at radius 2 is 1.71 bits per heavy atom. The van der Waals surface area contributed by atoms with Crippen LogP contribution in [0.2, 0.25) is 0 Å². The van der Waals surface area contributed by atoms with E-state index >= 15 is 0 Å². The highest BCUT2D eigenvalue weighted by Crippen LogP contribution is 2.05. The monoisotopic (exact) mass is 321 g/mol. The third kappa shape index (κ3) is 6.32. The van der Waals surface area contributed by atoms with E-state index in [1.807, 2.05) is 13.8 Å². The second-order valence-electron chi connectivity index (χ2n) is 4.74. The van der Waals surface area contributed by atoms with E-state index in [1.54, 1.807) is 0 Å². The number of carbonyl (C=O) groups is 3. The molecule has 0 radical (unpaired) electrons. The number of carboxylic acid groups (broad SMARTS) is 1. The Bertz CT molecular complexity index is 380. The van der Waals surface area contributed by atoms with Gasteiger partial charge in [-0.2, -0.15) is 12.6 Å². The van der Waals surface area contributed by atoms with Crippen LogP contribution in [0.5, 0.6) is 0 Å². The molecule has 0 unspecified atom stereocenters. The molecule has 0 aliphatic rings. The highest BCUT2D eigenvalue weighted by molar-refractivity contribution is 7.80. The molecule has 2 amide bonds. The molecule has 122 valence electrons. The van der Waals surface area contributed by atoms with Gasteiger partial charge in [0.2, 0.25) is 11.8 Å². The Labute approximate surface area is 128 Å². The second-order valence-corrected chi connectivity index (χ2v) is 5.10. The highest BCUT2D eigenvalue weighted by atomic mass is 32.1. The first-order chi connectivity index (χ1) is 9.78. The van der Waals surface area contributed by atoms with Crippen LogP contribution in [0, 0.1) is 5.92 Å².